The monoisotopic (exact) mass is 238 g/mol. The molecule has 0 aromatic carbocycles. The number of likely N-dealkylation sites (tertiary alicyclic amines) is 1. The van der Waals surface area contributed by atoms with Gasteiger partial charge in [0.25, 0.3) is 0 Å². The van der Waals surface area contributed by atoms with E-state index in [1.807, 2.05) is 4.90 Å². The Labute approximate surface area is 103 Å². The summed E-state index contributed by atoms with van der Waals surface area (Å²) in [5.41, 5.74) is 0. The lowest BCUT2D eigenvalue weighted by Gasteiger charge is -2.35. The fraction of sp³-hybridized carbons (Fsp3) is 0.692. The summed E-state index contributed by atoms with van der Waals surface area (Å²) >= 11 is 0. The Hall–Kier alpha value is -1.32. The standard InChI is InChI=1S/C13H22N2O2/c1-3-8-14-12(16)10-13(17)15-9-6-5-7-11(15)4-2/h3,11H,1,4-10H2,2H3,(H,14,16). The lowest BCUT2D eigenvalue weighted by Crippen LogP contribution is -2.45. The molecular formula is C13H22N2O2. The number of carbonyl (C=O) groups excluding carboxylic acids is 2. The van der Waals surface area contributed by atoms with E-state index in [-0.39, 0.29) is 18.2 Å². The van der Waals surface area contributed by atoms with E-state index in [0.717, 1.165) is 25.8 Å². The highest BCUT2D eigenvalue weighted by atomic mass is 16.2. The van der Waals surface area contributed by atoms with Gasteiger partial charge in [-0.05, 0) is 25.7 Å². The third kappa shape index (κ3) is 4.21. The first-order chi connectivity index (χ1) is 8.19. The predicted octanol–water partition coefficient (Wildman–Crippen LogP) is 1.47. The average Bonchev–Trinajstić information content (AvgIpc) is 2.36. The molecule has 1 atom stereocenters. The van der Waals surface area contributed by atoms with Crippen molar-refractivity contribution >= 4 is 11.8 Å². The summed E-state index contributed by atoms with van der Waals surface area (Å²) in [5.74, 6) is -0.256. The van der Waals surface area contributed by atoms with Crippen molar-refractivity contribution in [3.05, 3.63) is 12.7 Å². The zero-order valence-electron chi connectivity index (χ0n) is 10.6. The zero-order valence-corrected chi connectivity index (χ0v) is 10.6. The van der Waals surface area contributed by atoms with Crippen LogP contribution in [-0.4, -0.2) is 35.8 Å². The number of hydrogen-bond acceptors (Lipinski definition) is 2. The van der Waals surface area contributed by atoms with Crippen molar-refractivity contribution < 1.29 is 9.59 Å². The van der Waals surface area contributed by atoms with Crippen molar-refractivity contribution in [2.75, 3.05) is 13.1 Å². The van der Waals surface area contributed by atoms with Crippen LogP contribution < -0.4 is 5.32 Å². The Morgan fingerprint density at radius 2 is 2.24 bits per heavy atom. The van der Waals surface area contributed by atoms with Crippen LogP contribution in [0.2, 0.25) is 0 Å². The average molecular weight is 238 g/mol. The Morgan fingerprint density at radius 3 is 2.88 bits per heavy atom. The van der Waals surface area contributed by atoms with Crippen molar-refractivity contribution in [1.29, 1.82) is 0 Å². The Morgan fingerprint density at radius 1 is 1.47 bits per heavy atom. The van der Waals surface area contributed by atoms with Crippen LogP contribution in [0.3, 0.4) is 0 Å². The van der Waals surface area contributed by atoms with E-state index in [2.05, 4.69) is 18.8 Å². The number of hydrogen-bond donors (Lipinski definition) is 1. The summed E-state index contributed by atoms with van der Waals surface area (Å²) in [6.07, 6.45) is 5.85. The van der Waals surface area contributed by atoms with E-state index < -0.39 is 0 Å². The van der Waals surface area contributed by atoms with Gasteiger partial charge in [0.2, 0.25) is 11.8 Å². The normalized spacial score (nSPS) is 19.8. The van der Waals surface area contributed by atoms with Gasteiger partial charge in [-0.2, -0.15) is 0 Å². The molecule has 0 aliphatic carbocycles. The maximum absolute atomic E-state index is 12.0. The lowest BCUT2D eigenvalue weighted by atomic mass is 9.99. The third-order valence-corrected chi connectivity index (χ3v) is 3.17. The maximum Gasteiger partial charge on any atom is 0.232 e. The summed E-state index contributed by atoms with van der Waals surface area (Å²) < 4.78 is 0. The molecule has 0 bridgehead atoms. The van der Waals surface area contributed by atoms with Crippen LogP contribution in [-0.2, 0) is 9.59 Å². The number of nitrogens with zero attached hydrogens (tertiary/aromatic N) is 1. The van der Waals surface area contributed by atoms with Crippen LogP contribution in [0.4, 0.5) is 0 Å². The van der Waals surface area contributed by atoms with E-state index in [4.69, 9.17) is 0 Å². The van der Waals surface area contributed by atoms with E-state index >= 15 is 0 Å². The van der Waals surface area contributed by atoms with Crippen LogP contribution in [0.1, 0.15) is 39.0 Å². The summed E-state index contributed by atoms with van der Waals surface area (Å²) in [5, 5.41) is 2.63. The van der Waals surface area contributed by atoms with Gasteiger partial charge in [-0.15, -0.1) is 6.58 Å². The Balaban J connectivity index is 2.44. The minimum atomic E-state index is -0.213. The summed E-state index contributed by atoms with van der Waals surface area (Å²) in [7, 11) is 0. The summed E-state index contributed by atoms with van der Waals surface area (Å²) in [6, 6.07) is 0.323. The molecular weight excluding hydrogens is 216 g/mol. The molecule has 4 nitrogen and oxygen atoms in total. The van der Waals surface area contributed by atoms with Crippen LogP contribution in [0.5, 0.6) is 0 Å². The molecule has 0 aromatic heterocycles. The highest BCUT2D eigenvalue weighted by molar-refractivity contribution is 5.97. The smallest absolute Gasteiger partial charge is 0.232 e. The second-order valence-corrected chi connectivity index (χ2v) is 4.41. The summed E-state index contributed by atoms with van der Waals surface area (Å²) in [6.45, 7) is 6.83. The van der Waals surface area contributed by atoms with Crippen molar-refractivity contribution in [2.24, 2.45) is 0 Å². The molecule has 0 aromatic rings. The molecule has 1 aliphatic heterocycles. The zero-order chi connectivity index (χ0) is 12.7. The highest BCUT2D eigenvalue weighted by Crippen LogP contribution is 2.20. The SMILES string of the molecule is C=CCNC(=O)CC(=O)N1CCCCC1CC. The molecule has 1 aliphatic rings. The van der Waals surface area contributed by atoms with Gasteiger partial charge in [0.15, 0.2) is 0 Å². The topological polar surface area (TPSA) is 49.4 Å². The largest absolute Gasteiger partial charge is 0.352 e. The van der Waals surface area contributed by atoms with Gasteiger partial charge >= 0.3 is 0 Å². The first-order valence-corrected chi connectivity index (χ1v) is 6.36. The molecule has 0 radical (unpaired) electrons. The quantitative estimate of drug-likeness (QED) is 0.582. The Kier molecular flexibility index (Phi) is 5.73. The van der Waals surface area contributed by atoms with E-state index in [0.29, 0.717) is 12.6 Å². The molecule has 96 valence electrons. The first kappa shape index (κ1) is 13.7. The number of piperidine rings is 1. The van der Waals surface area contributed by atoms with Crippen LogP contribution >= 0.6 is 0 Å². The summed E-state index contributed by atoms with van der Waals surface area (Å²) in [4.78, 5) is 25.3. The van der Waals surface area contributed by atoms with Crippen molar-refractivity contribution in [3.8, 4) is 0 Å². The van der Waals surface area contributed by atoms with E-state index in [1.54, 1.807) is 6.08 Å². The second kappa shape index (κ2) is 7.09. The van der Waals surface area contributed by atoms with E-state index in [1.165, 1.54) is 6.42 Å². The molecule has 1 heterocycles. The molecule has 2 amide bonds. The molecule has 0 spiro atoms. The van der Waals surface area contributed by atoms with Crippen molar-refractivity contribution in [3.63, 3.8) is 0 Å². The number of carbonyl (C=O) groups is 2. The minimum absolute atomic E-state index is 0.0374. The second-order valence-electron chi connectivity index (χ2n) is 4.41. The number of amides is 2. The van der Waals surface area contributed by atoms with Crippen LogP contribution in [0.25, 0.3) is 0 Å². The van der Waals surface area contributed by atoms with Crippen molar-refractivity contribution in [1.82, 2.24) is 10.2 Å². The molecule has 1 saturated heterocycles. The predicted molar refractivity (Wildman–Crippen MR) is 67.5 cm³/mol. The Bertz CT molecular complexity index is 289. The van der Waals surface area contributed by atoms with Crippen molar-refractivity contribution in [2.45, 2.75) is 45.1 Å². The molecule has 1 rings (SSSR count). The van der Waals surface area contributed by atoms with E-state index in [9.17, 15) is 9.59 Å². The van der Waals surface area contributed by atoms with Crippen LogP contribution in [0.15, 0.2) is 12.7 Å². The third-order valence-electron chi connectivity index (χ3n) is 3.17. The van der Waals surface area contributed by atoms with Gasteiger partial charge in [0.1, 0.15) is 6.42 Å². The fourth-order valence-electron chi connectivity index (χ4n) is 2.24. The van der Waals surface area contributed by atoms with Gasteiger partial charge in [-0.3, -0.25) is 9.59 Å². The molecule has 1 N–H and O–H groups in total. The highest BCUT2D eigenvalue weighted by Gasteiger charge is 2.26. The van der Waals surface area contributed by atoms with Gasteiger partial charge < -0.3 is 10.2 Å². The minimum Gasteiger partial charge on any atom is -0.352 e. The van der Waals surface area contributed by atoms with Gasteiger partial charge in [-0.1, -0.05) is 13.0 Å². The number of rotatable bonds is 5. The first-order valence-electron chi connectivity index (χ1n) is 6.36. The molecule has 0 saturated carbocycles. The molecule has 4 heteroatoms. The lowest BCUT2D eigenvalue weighted by molar-refractivity contribution is -0.138. The van der Waals surface area contributed by atoms with Crippen LogP contribution in [0, 0.1) is 0 Å². The molecule has 1 unspecified atom stereocenters. The van der Waals surface area contributed by atoms with Gasteiger partial charge in [0, 0.05) is 19.1 Å². The molecule has 17 heavy (non-hydrogen) atoms. The number of nitrogens with one attached hydrogen (secondary N) is 1. The molecule has 1 fully saturated rings. The van der Waals surface area contributed by atoms with Gasteiger partial charge in [0.05, 0.1) is 0 Å². The fourth-order valence-corrected chi connectivity index (χ4v) is 2.24. The van der Waals surface area contributed by atoms with Gasteiger partial charge in [-0.25, -0.2) is 0 Å². The maximum atomic E-state index is 12.0.